The van der Waals surface area contributed by atoms with E-state index in [0.29, 0.717) is 18.5 Å². The van der Waals surface area contributed by atoms with E-state index in [1.54, 1.807) is 0 Å². The van der Waals surface area contributed by atoms with Gasteiger partial charge in [-0.15, -0.1) is 0 Å². The molecule has 0 saturated carbocycles. The van der Waals surface area contributed by atoms with Crippen LogP contribution in [-0.2, 0) is 4.79 Å². The number of amides is 1. The van der Waals surface area contributed by atoms with Crippen LogP contribution in [0, 0.1) is 0 Å². The Morgan fingerprint density at radius 3 is 2.76 bits per heavy atom. The Bertz CT molecular complexity index is 268. The third-order valence-electron chi connectivity index (χ3n) is 3.65. The molecule has 2 fully saturated rings. The van der Waals surface area contributed by atoms with Gasteiger partial charge in [-0.25, -0.2) is 0 Å². The number of likely N-dealkylation sites (N-methyl/N-ethyl adjacent to an activating group) is 1. The molecular weight excluding hydrogens is 234 g/mol. The summed E-state index contributed by atoms with van der Waals surface area (Å²) in [5, 5.41) is 4.02. The third-order valence-corrected chi connectivity index (χ3v) is 4.99. The van der Waals surface area contributed by atoms with Crippen LogP contribution in [0.3, 0.4) is 0 Å². The van der Waals surface area contributed by atoms with Crippen molar-refractivity contribution in [3.8, 4) is 0 Å². The summed E-state index contributed by atoms with van der Waals surface area (Å²) in [4.78, 5) is 16.3. The number of rotatable bonds is 3. The average molecular weight is 257 g/mol. The predicted molar refractivity (Wildman–Crippen MR) is 72.4 cm³/mol. The van der Waals surface area contributed by atoms with E-state index in [1.807, 2.05) is 16.7 Å². The Hall–Kier alpha value is -0.260. The Morgan fingerprint density at radius 1 is 1.47 bits per heavy atom. The fraction of sp³-hybridized carbons (Fsp3) is 0.917. The minimum Gasteiger partial charge on any atom is -0.339 e. The van der Waals surface area contributed by atoms with Gasteiger partial charge in [0.2, 0.25) is 5.91 Å². The maximum Gasteiger partial charge on any atom is 0.236 e. The minimum atomic E-state index is 0.290. The van der Waals surface area contributed by atoms with E-state index in [-0.39, 0.29) is 0 Å². The first kappa shape index (κ1) is 13.2. The van der Waals surface area contributed by atoms with Crippen LogP contribution in [-0.4, -0.2) is 72.5 Å². The highest BCUT2D eigenvalue weighted by atomic mass is 32.2. The molecule has 5 heteroatoms. The van der Waals surface area contributed by atoms with Crippen molar-refractivity contribution in [3.05, 3.63) is 0 Å². The van der Waals surface area contributed by atoms with Crippen LogP contribution in [0.25, 0.3) is 0 Å². The molecule has 2 saturated heterocycles. The topological polar surface area (TPSA) is 35.6 Å². The molecule has 2 rings (SSSR count). The maximum absolute atomic E-state index is 12.1. The van der Waals surface area contributed by atoms with Crippen molar-refractivity contribution >= 4 is 17.7 Å². The lowest BCUT2D eigenvalue weighted by molar-refractivity contribution is -0.133. The summed E-state index contributed by atoms with van der Waals surface area (Å²) >= 11 is 2.02. The van der Waals surface area contributed by atoms with Crippen LogP contribution in [0.15, 0.2) is 0 Å². The van der Waals surface area contributed by atoms with Crippen LogP contribution in [0.5, 0.6) is 0 Å². The van der Waals surface area contributed by atoms with E-state index < -0.39 is 0 Å². The molecule has 0 aromatic carbocycles. The van der Waals surface area contributed by atoms with Gasteiger partial charge in [0.25, 0.3) is 0 Å². The van der Waals surface area contributed by atoms with Gasteiger partial charge in [-0.05, 0) is 13.5 Å². The molecule has 2 aliphatic rings. The van der Waals surface area contributed by atoms with Crippen molar-refractivity contribution in [2.45, 2.75) is 24.6 Å². The largest absolute Gasteiger partial charge is 0.339 e. The summed E-state index contributed by atoms with van der Waals surface area (Å²) < 4.78 is 0. The highest BCUT2D eigenvalue weighted by Gasteiger charge is 2.27. The van der Waals surface area contributed by atoms with Gasteiger partial charge >= 0.3 is 0 Å². The lowest BCUT2D eigenvalue weighted by atomic mass is 10.2. The number of nitrogens with zero attached hydrogens (tertiary/aromatic N) is 2. The van der Waals surface area contributed by atoms with Crippen molar-refractivity contribution in [3.63, 3.8) is 0 Å². The van der Waals surface area contributed by atoms with Gasteiger partial charge in [-0.1, -0.05) is 6.92 Å². The normalized spacial score (nSPS) is 29.9. The quantitative estimate of drug-likeness (QED) is 0.786. The van der Waals surface area contributed by atoms with Crippen LogP contribution < -0.4 is 5.32 Å². The van der Waals surface area contributed by atoms with E-state index >= 15 is 0 Å². The molecule has 0 aliphatic carbocycles. The predicted octanol–water partition coefficient (Wildman–Crippen LogP) is 0.244. The molecule has 0 aromatic rings. The number of carbonyl (C=O) groups excluding carboxylic acids is 1. The van der Waals surface area contributed by atoms with E-state index in [2.05, 4.69) is 24.2 Å². The second-order valence-corrected chi connectivity index (χ2v) is 6.55. The zero-order valence-electron chi connectivity index (χ0n) is 10.8. The summed E-state index contributed by atoms with van der Waals surface area (Å²) in [6.07, 6.45) is 1.22. The van der Waals surface area contributed by atoms with Gasteiger partial charge in [0, 0.05) is 43.2 Å². The van der Waals surface area contributed by atoms with Gasteiger partial charge in [0.1, 0.15) is 0 Å². The number of hydrogen-bond acceptors (Lipinski definition) is 4. The smallest absolute Gasteiger partial charge is 0.236 e. The van der Waals surface area contributed by atoms with Gasteiger partial charge < -0.3 is 10.2 Å². The van der Waals surface area contributed by atoms with E-state index in [1.165, 1.54) is 12.2 Å². The fourth-order valence-corrected chi connectivity index (χ4v) is 3.76. The molecule has 2 aliphatic heterocycles. The SMILES string of the molecule is CC1CC(N(C)CC(=O)N2CCNCC2)CS1. The number of nitrogens with one attached hydrogen (secondary N) is 1. The van der Waals surface area contributed by atoms with Crippen molar-refractivity contribution < 1.29 is 4.79 Å². The zero-order chi connectivity index (χ0) is 12.3. The van der Waals surface area contributed by atoms with Crippen LogP contribution in [0.1, 0.15) is 13.3 Å². The Kier molecular flexibility index (Phi) is 4.70. The first-order valence-electron chi connectivity index (χ1n) is 6.47. The molecule has 2 atom stereocenters. The molecule has 2 heterocycles. The number of piperazine rings is 1. The Balaban J connectivity index is 1.77. The molecule has 0 aromatic heterocycles. The summed E-state index contributed by atoms with van der Waals surface area (Å²) in [6, 6.07) is 0.585. The zero-order valence-corrected chi connectivity index (χ0v) is 11.6. The molecule has 98 valence electrons. The molecule has 2 unspecified atom stereocenters. The van der Waals surface area contributed by atoms with Crippen molar-refractivity contribution in [1.29, 1.82) is 0 Å². The molecule has 0 bridgehead atoms. The van der Waals surface area contributed by atoms with Crippen molar-refractivity contribution in [2.24, 2.45) is 0 Å². The average Bonchev–Trinajstić information content (AvgIpc) is 2.77. The Morgan fingerprint density at radius 2 is 2.18 bits per heavy atom. The van der Waals surface area contributed by atoms with Gasteiger partial charge in [-0.2, -0.15) is 11.8 Å². The summed E-state index contributed by atoms with van der Waals surface area (Å²) in [6.45, 7) is 6.46. The number of thioether (sulfide) groups is 1. The molecular formula is C12H23N3OS. The molecule has 1 N–H and O–H groups in total. The van der Waals surface area contributed by atoms with E-state index in [9.17, 15) is 4.79 Å². The summed E-state index contributed by atoms with van der Waals surface area (Å²) in [5.41, 5.74) is 0. The summed E-state index contributed by atoms with van der Waals surface area (Å²) in [7, 11) is 2.09. The number of hydrogen-bond donors (Lipinski definition) is 1. The van der Waals surface area contributed by atoms with Crippen LogP contribution in [0.4, 0.5) is 0 Å². The molecule has 0 spiro atoms. The monoisotopic (exact) mass is 257 g/mol. The lowest BCUT2D eigenvalue weighted by Gasteiger charge is -2.30. The first-order chi connectivity index (χ1) is 8.16. The van der Waals surface area contributed by atoms with Gasteiger partial charge in [0.05, 0.1) is 6.54 Å². The molecule has 4 nitrogen and oxygen atoms in total. The highest BCUT2D eigenvalue weighted by Crippen LogP contribution is 2.28. The molecule has 1 amide bonds. The van der Waals surface area contributed by atoms with E-state index in [0.717, 1.165) is 31.4 Å². The Labute approximate surface area is 108 Å². The second kappa shape index (κ2) is 6.07. The summed E-state index contributed by atoms with van der Waals surface area (Å²) in [5.74, 6) is 1.46. The van der Waals surface area contributed by atoms with Crippen LogP contribution >= 0.6 is 11.8 Å². The van der Waals surface area contributed by atoms with Crippen molar-refractivity contribution in [1.82, 2.24) is 15.1 Å². The minimum absolute atomic E-state index is 0.290. The third kappa shape index (κ3) is 3.60. The lowest BCUT2D eigenvalue weighted by Crippen LogP contribution is -2.50. The fourth-order valence-electron chi connectivity index (χ4n) is 2.46. The van der Waals surface area contributed by atoms with E-state index in [4.69, 9.17) is 0 Å². The number of carbonyl (C=O) groups is 1. The van der Waals surface area contributed by atoms with Crippen molar-refractivity contribution in [2.75, 3.05) is 45.5 Å². The molecule has 17 heavy (non-hydrogen) atoms. The molecule has 0 radical (unpaired) electrons. The second-order valence-electron chi connectivity index (χ2n) is 5.08. The highest BCUT2D eigenvalue weighted by molar-refractivity contribution is 8.00. The van der Waals surface area contributed by atoms with Gasteiger partial charge in [-0.3, -0.25) is 9.69 Å². The van der Waals surface area contributed by atoms with Gasteiger partial charge in [0.15, 0.2) is 0 Å². The maximum atomic E-state index is 12.1. The van der Waals surface area contributed by atoms with Crippen LogP contribution in [0.2, 0.25) is 0 Å². The first-order valence-corrected chi connectivity index (χ1v) is 7.52. The standard InChI is InChI=1S/C12H23N3OS/c1-10-7-11(9-17-10)14(2)8-12(16)15-5-3-13-4-6-15/h10-11,13H,3-9H2,1-2H3.